The van der Waals surface area contributed by atoms with Crippen LogP contribution < -0.4 is 0 Å². The molecule has 1 aromatic carbocycles. The van der Waals surface area contributed by atoms with E-state index in [1.165, 1.54) is 0 Å². The van der Waals surface area contributed by atoms with Gasteiger partial charge in [0, 0.05) is 27.1 Å². The largest absolute Gasteiger partial charge is 0.392 e. The molecule has 0 saturated carbocycles. The molecule has 1 aromatic heterocycles. The highest BCUT2D eigenvalue weighted by molar-refractivity contribution is 9.10. The Balaban J connectivity index is 2.73. The van der Waals surface area contributed by atoms with E-state index < -0.39 is 0 Å². The highest BCUT2D eigenvalue weighted by atomic mass is 79.9. The zero-order valence-electron chi connectivity index (χ0n) is 6.34. The fraction of sp³-hybridized carbons (Fsp3) is 0.111. The Morgan fingerprint density at radius 3 is 3.00 bits per heavy atom. The number of nitrogens with one attached hydrogen (secondary N) is 1. The van der Waals surface area contributed by atoms with Crippen LogP contribution in [0.3, 0.4) is 0 Å². The SMILES string of the molecule is OCc1c[nH]c2cc(Br)ccc12. The summed E-state index contributed by atoms with van der Waals surface area (Å²) in [5, 5.41) is 10.0. The van der Waals surface area contributed by atoms with Crippen LogP contribution in [0.25, 0.3) is 10.9 Å². The fourth-order valence-electron chi connectivity index (χ4n) is 1.29. The Kier molecular flexibility index (Phi) is 1.90. The first-order valence-electron chi connectivity index (χ1n) is 3.67. The molecule has 2 N–H and O–H groups in total. The van der Waals surface area contributed by atoms with Crippen LogP contribution in [-0.2, 0) is 6.61 Å². The van der Waals surface area contributed by atoms with Crippen LogP contribution in [0.15, 0.2) is 28.9 Å². The van der Waals surface area contributed by atoms with Gasteiger partial charge in [-0.3, -0.25) is 0 Å². The van der Waals surface area contributed by atoms with Gasteiger partial charge in [0.05, 0.1) is 6.61 Å². The predicted molar refractivity (Wildman–Crippen MR) is 51.9 cm³/mol. The van der Waals surface area contributed by atoms with E-state index in [2.05, 4.69) is 20.9 Å². The van der Waals surface area contributed by atoms with E-state index in [1.807, 2.05) is 24.4 Å². The van der Waals surface area contributed by atoms with Crippen LogP contribution in [0.5, 0.6) is 0 Å². The van der Waals surface area contributed by atoms with Crippen molar-refractivity contribution in [2.75, 3.05) is 0 Å². The van der Waals surface area contributed by atoms with Crippen LogP contribution in [-0.4, -0.2) is 10.1 Å². The number of benzene rings is 1. The number of hydrogen-bond donors (Lipinski definition) is 2. The highest BCUT2D eigenvalue weighted by Gasteiger charge is 2.01. The number of aromatic nitrogens is 1. The molecule has 0 fully saturated rings. The molecule has 0 aliphatic rings. The van der Waals surface area contributed by atoms with Gasteiger partial charge in [0.15, 0.2) is 0 Å². The lowest BCUT2D eigenvalue weighted by Gasteiger charge is -1.93. The minimum atomic E-state index is 0.0850. The van der Waals surface area contributed by atoms with E-state index >= 15 is 0 Å². The molecule has 2 aromatic rings. The smallest absolute Gasteiger partial charge is 0.0702 e. The molecule has 2 nitrogen and oxygen atoms in total. The lowest BCUT2D eigenvalue weighted by atomic mass is 10.2. The van der Waals surface area contributed by atoms with Crippen LogP contribution >= 0.6 is 15.9 Å². The normalized spacial score (nSPS) is 10.8. The number of aliphatic hydroxyl groups excluding tert-OH is 1. The Labute approximate surface area is 78.3 Å². The first kappa shape index (κ1) is 7.83. The standard InChI is InChI=1S/C9H8BrNO/c10-7-1-2-8-6(5-12)4-11-9(8)3-7/h1-4,11-12H,5H2. The highest BCUT2D eigenvalue weighted by Crippen LogP contribution is 2.21. The van der Waals surface area contributed by atoms with Gasteiger partial charge in [-0.15, -0.1) is 0 Å². The topological polar surface area (TPSA) is 36.0 Å². The van der Waals surface area contributed by atoms with Gasteiger partial charge in [0.25, 0.3) is 0 Å². The third kappa shape index (κ3) is 1.15. The third-order valence-electron chi connectivity index (χ3n) is 1.90. The minimum absolute atomic E-state index is 0.0850. The summed E-state index contributed by atoms with van der Waals surface area (Å²) in [6.07, 6.45) is 1.83. The van der Waals surface area contributed by atoms with Crippen molar-refractivity contribution in [2.24, 2.45) is 0 Å². The van der Waals surface area contributed by atoms with E-state index in [4.69, 9.17) is 5.11 Å². The second-order valence-electron chi connectivity index (χ2n) is 2.66. The van der Waals surface area contributed by atoms with Crippen LogP contribution in [0.4, 0.5) is 0 Å². The molecule has 0 atom stereocenters. The molecule has 62 valence electrons. The predicted octanol–water partition coefficient (Wildman–Crippen LogP) is 2.42. The molecule has 12 heavy (non-hydrogen) atoms. The summed E-state index contributed by atoms with van der Waals surface area (Å²) in [5.41, 5.74) is 1.99. The van der Waals surface area contributed by atoms with Gasteiger partial charge in [0.2, 0.25) is 0 Å². The van der Waals surface area contributed by atoms with E-state index in [-0.39, 0.29) is 6.61 Å². The van der Waals surface area contributed by atoms with Gasteiger partial charge in [-0.1, -0.05) is 22.0 Å². The van der Waals surface area contributed by atoms with Crippen LogP contribution in [0, 0.1) is 0 Å². The van der Waals surface area contributed by atoms with Crippen molar-refractivity contribution in [1.82, 2.24) is 4.98 Å². The number of fused-ring (bicyclic) bond motifs is 1. The van der Waals surface area contributed by atoms with Gasteiger partial charge in [-0.2, -0.15) is 0 Å². The van der Waals surface area contributed by atoms with Crippen molar-refractivity contribution in [1.29, 1.82) is 0 Å². The number of hydrogen-bond acceptors (Lipinski definition) is 1. The van der Waals surface area contributed by atoms with Gasteiger partial charge in [0.1, 0.15) is 0 Å². The van der Waals surface area contributed by atoms with Gasteiger partial charge in [-0.05, 0) is 12.1 Å². The van der Waals surface area contributed by atoms with Crippen molar-refractivity contribution in [3.63, 3.8) is 0 Å². The fourth-order valence-corrected chi connectivity index (χ4v) is 1.65. The number of aromatic amines is 1. The number of H-pyrrole nitrogens is 1. The summed E-state index contributed by atoms with van der Waals surface area (Å²) < 4.78 is 1.04. The molecule has 1 heterocycles. The number of halogens is 1. The molecule has 0 bridgehead atoms. The van der Waals surface area contributed by atoms with Gasteiger partial charge < -0.3 is 10.1 Å². The molecule has 0 saturated heterocycles. The second kappa shape index (κ2) is 2.92. The van der Waals surface area contributed by atoms with Crippen molar-refractivity contribution in [3.05, 3.63) is 34.4 Å². The Morgan fingerprint density at radius 2 is 2.25 bits per heavy atom. The monoisotopic (exact) mass is 225 g/mol. The van der Waals surface area contributed by atoms with Gasteiger partial charge in [-0.25, -0.2) is 0 Å². The molecule has 0 radical (unpaired) electrons. The molecule has 2 rings (SSSR count). The molecule has 0 unspecified atom stereocenters. The summed E-state index contributed by atoms with van der Waals surface area (Å²) in [7, 11) is 0. The molecular formula is C9H8BrNO. The Morgan fingerprint density at radius 1 is 1.42 bits per heavy atom. The molecule has 0 aliphatic heterocycles. The minimum Gasteiger partial charge on any atom is -0.392 e. The first-order valence-corrected chi connectivity index (χ1v) is 4.47. The maximum absolute atomic E-state index is 8.96. The van der Waals surface area contributed by atoms with E-state index in [0.717, 1.165) is 20.9 Å². The average Bonchev–Trinajstić information content (AvgIpc) is 2.46. The number of aliphatic hydroxyl groups is 1. The zero-order chi connectivity index (χ0) is 8.55. The van der Waals surface area contributed by atoms with Crippen molar-refractivity contribution < 1.29 is 5.11 Å². The zero-order valence-corrected chi connectivity index (χ0v) is 7.93. The maximum Gasteiger partial charge on any atom is 0.0702 e. The quantitative estimate of drug-likeness (QED) is 0.769. The van der Waals surface area contributed by atoms with Crippen molar-refractivity contribution in [2.45, 2.75) is 6.61 Å². The molecule has 0 aliphatic carbocycles. The van der Waals surface area contributed by atoms with Gasteiger partial charge >= 0.3 is 0 Å². The summed E-state index contributed by atoms with van der Waals surface area (Å²) in [6, 6.07) is 5.95. The summed E-state index contributed by atoms with van der Waals surface area (Å²) >= 11 is 3.38. The molecule has 0 spiro atoms. The maximum atomic E-state index is 8.96. The van der Waals surface area contributed by atoms with Crippen molar-refractivity contribution in [3.8, 4) is 0 Å². The van der Waals surface area contributed by atoms with E-state index in [9.17, 15) is 0 Å². The molecule has 3 heteroatoms. The van der Waals surface area contributed by atoms with E-state index in [1.54, 1.807) is 0 Å². The second-order valence-corrected chi connectivity index (χ2v) is 3.58. The summed E-state index contributed by atoms with van der Waals surface area (Å²) in [4.78, 5) is 3.09. The first-order chi connectivity index (χ1) is 5.81. The Hall–Kier alpha value is -0.800. The lowest BCUT2D eigenvalue weighted by molar-refractivity contribution is 0.283. The van der Waals surface area contributed by atoms with Crippen LogP contribution in [0.2, 0.25) is 0 Å². The van der Waals surface area contributed by atoms with Crippen LogP contribution in [0.1, 0.15) is 5.56 Å². The molecule has 0 amide bonds. The average molecular weight is 226 g/mol. The number of rotatable bonds is 1. The summed E-state index contributed by atoms with van der Waals surface area (Å²) in [5.74, 6) is 0. The summed E-state index contributed by atoms with van der Waals surface area (Å²) in [6.45, 7) is 0.0850. The third-order valence-corrected chi connectivity index (χ3v) is 2.39. The Bertz CT molecular complexity index is 408. The molecular weight excluding hydrogens is 218 g/mol. The van der Waals surface area contributed by atoms with E-state index in [0.29, 0.717) is 0 Å². The van der Waals surface area contributed by atoms with Crippen molar-refractivity contribution >= 4 is 26.8 Å². The lowest BCUT2D eigenvalue weighted by Crippen LogP contribution is -1.77.